The van der Waals surface area contributed by atoms with Crippen molar-refractivity contribution in [3.05, 3.63) is 0 Å². The molecule has 0 spiro atoms. The lowest BCUT2D eigenvalue weighted by molar-refractivity contribution is -0.178. The summed E-state index contributed by atoms with van der Waals surface area (Å²) in [6.07, 6.45) is 6.05. The Morgan fingerprint density at radius 1 is 1.27 bits per heavy atom. The van der Waals surface area contributed by atoms with Crippen LogP contribution in [0.4, 0.5) is 0 Å². The second kappa shape index (κ2) is 6.23. The van der Waals surface area contributed by atoms with Gasteiger partial charge in [0, 0.05) is 24.2 Å². The van der Waals surface area contributed by atoms with Crippen molar-refractivity contribution < 1.29 is 24.6 Å². The second-order valence-electron chi connectivity index (χ2n) is 9.58. The van der Waals surface area contributed by atoms with Crippen molar-refractivity contribution >= 4 is 17.9 Å². The number of carbonyl (C=O) groups excluding carboxylic acids is 3. The van der Waals surface area contributed by atoms with Crippen LogP contribution in [0.15, 0.2) is 0 Å². The minimum absolute atomic E-state index is 0.0512. The highest BCUT2D eigenvalue weighted by atomic mass is 16.3. The number of rotatable bonds is 3. The number of carbonyl (C=O) groups is 3. The molecule has 26 heavy (non-hydrogen) atoms. The summed E-state index contributed by atoms with van der Waals surface area (Å²) >= 11 is 0. The third kappa shape index (κ3) is 2.32. The van der Waals surface area contributed by atoms with Gasteiger partial charge >= 0.3 is 0 Å². The van der Waals surface area contributed by atoms with Crippen LogP contribution in [-0.4, -0.2) is 40.8 Å². The van der Waals surface area contributed by atoms with Crippen LogP contribution in [0.2, 0.25) is 0 Å². The Labute approximate surface area is 154 Å². The molecule has 8 atom stereocenters. The lowest BCUT2D eigenvalue weighted by Crippen LogP contribution is -2.60. The highest BCUT2D eigenvalue weighted by Gasteiger charge is 2.65. The van der Waals surface area contributed by atoms with Crippen molar-refractivity contribution in [2.75, 3.05) is 6.61 Å². The van der Waals surface area contributed by atoms with Crippen LogP contribution < -0.4 is 0 Å². The third-order valence-electron chi connectivity index (χ3n) is 8.78. The molecule has 0 aromatic carbocycles. The van der Waals surface area contributed by atoms with Gasteiger partial charge in [0.25, 0.3) is 0 Å². The van der Waals surface area contributed by atoms with Crippen LogP contribution in [-0.2, 0) is 14.4 Å². The highest BCUT2D eigenvalue weighted by molar-refractivity contribution is 5.87. The Balaban J connectivity index is 1.70. The number of fused-ring (bicyclic) bond motifs is 5. The quantitative estimate of drug-likeness (QED) is 0.749. The van der Waals surface area contributed by atoms with Gasteiger partial charge < -0.3 is 15.0 Å². The van der Waals surface area contributed by atoms with E-state index in [-0.39, 0.29) is 29.0 Å². The van der Waals surface area contributed by atoms with Gasteiger partial charge in [-0.25, -0.2) is 0 Å². The summed E-state index contributed by atoms with van der Waals surface area (Å²) in [5, 5.41) is 20.5. The van der Waals surface area contributed by atoms with Gasteiger partial charge in [0.1, 0.15) is 18.7 Å². The van der Waals surface area contributed by atoms with E-state index in [1.54, 1.807) is 0 Å². The maximum atomic E-state index is 12.3. The Morgan fingerprint density at radius 3 is 2.73 bits per heavy atom. The number of hydrogen-bond acceptors (Lipinski definition) is 5. The molecular weight excluding hydrogens is 332 g/mol. The van der Waals surface area contributed by atoms with Gasteiger partial charge in [0.05, 0.1) is 6.10 Å². The van der Waals surface area contributed by atoms with E-state index in [2.05, 4.69) is 6.92 Å². The molecule has 0 amide bonds. The number of Topliss-reactive ketones (excluding diaryl/α,β-unsaturated/α-hetero) is 2. The van der Waals surface area contributed by atoms with Crippen LogP contribution in [0.25, 0.3) is 0 Å². The van der Waals surface area contributed by atoms with Gasteiger partial charge in [-0.2, -0.15) is 0 Å². The summed E-state index contributed by atoms with van der Waals surface area (Å²) in [7, 11) is 0. The van der Waals surface area contributed by atoms with Crippen LogP contribution in [0.3, 0.4) is 0 Å². The molecule has 0 aromatic heterocycles. The zero-order valence-corrected chi connectivity index (χ0v) is 15.5. The fourth-order valence-electron chi connectivity index (χ4n) is 7.66. The van der Waals surface area contributed by atoms with Gasteiger partial charge in [-0.15, -0.1) is 0 Å². The number of aliphatic hydroxyl groups excluding tert-OH is 2. The molecule has 0 heterocycles. The molecule has 4 saturated carbocycles. The van der Waals surface area contributed by atoms with E-state index in [1.807, 2.05) is 0 Å². The fourth-order valence-corrected chi connectivity index (χ4v) is 7.66. The molecule has 4 aliphatic rings. The van der Waals surface area contributed by atoms with E-state index in [0.29, 0.717) is 37.4 Å². The lowest BCUT2D eigenvalue weighted by Gasteiger charge is -2.61. The SMILES string of the molecule is C[C@]12CCC(=O)C[C@@H]1CC[C@@H]1[C@@H]2[C@@H](O)C[C@]2(C=O)[C@@H](C(=O)CO)CC[C@@H]12. The topological polar surface area (TPSA) is 91.7 Å². The van der Waals surface area contributed by atoms with Crippen LogP contribution in [0.5, 0.6) is 0 Å². The Kier molecular flexibility index (Phi) is 4.39. The molecule has 5 nitrogen and oxygen atoms in total. The molecule has 0 aliphatic heterocycles. The first-order chi connectivity index (χ1) is 12.4. The van der Waals surface area contributed by atoms with Gasteiger partial charge in [-0.3, -0.25) is 9.59 Å². The maximum Gasteiger partial charge on any atom is 0.162 e. The Bertz CT molecular complexity index is 630. The van der Waals surface area contributed by atoms with Crippen molar-refractivity contribution in [2.24, 2.45) is 40.4 Å². The highest BCUT2D eigenvalue weighted by Crippen LogP contribution is 2.66. The largest absolute Gasteiger partial charge is 0.393 e. The van der Waals surface area contributed by atoms with E-state index in [4.69, 9.17) is 0 Å². The van der Waals surface area contributed by atoms with E-state index in [0.717, 1.165) is 32.0 Å². The van der Waals surface area contributed by atoms with Crippen LogP contribution in [0, 0.1) is 40.4 Å². The zero-order valence-electron chi connectivity index (χ0n) is 15.5. The van der Waals surface area contributed by atoms with E-state index >= 15 is 0 Å². The first-order valence-electron chi connectivity index (χ1n) is 10.2. The molecule has 0 saturated heterocycles. The van der Waals surface area contributed by atoms with Crippen molar-refractivity contribution in [3.63, 3.8) is 0 Å². The molecule has 5 heteroatoms. The summed E-state index contributed by atoms with van der Waals surface area (Å²) in [6.45, 7) is 1.71. The van der Waals surface area contributed by atoms with Crippen molar-refractivity contribution in [1.82, 2.24) is 0 Å². The number of aliphatic hydroxyl groups is 2. The summed E-state index contributed by atoms with van der Waals surface area (Å²) in [6, 6.07) is 0. The molecule has 4 aliphatic carbocycles. The molecule has 0 aromatic rings. The van der Waals surface area contributed by atoms with Gasteiger partial charge in [-0.05, 0) is 67.6 Å². The van der Waals surface area contributed by atoms with Crippen molar-refractivity contribution in [3.8, 4) is 0 Å². The average molecular weight is 362 g/mol. The molecule has 144 valence electrons. The normalized spacial score (nSPS) is 50.5. The second-order valence-corrected chi connectivity index (χ2v) is 9.58. The van der Waals surface area contributed by atoms with Gasteiger partial charge in [0.2, 0.25) is 0 Å². The monoisotopic (exact) mass is 362 g/mol. The minimum atomic E-state index is -0.811. The van der Waals surface area contributed by atoms with Gasteiger partial charge in [0.15, 0.2) is 5.78 Å². The molecule has 0 radical (unpaired) electrons. The predicted octanol–water partition coefficient (Wildman–Crippen LogP) is 1.93. The zero-order chi connectivity index (χ0) is 18.7. The van der Waals surface area contributed by atoms with E-state index in [9.17, 15) is 24.6 Å². The summed E-state index contributed by atoms with van der Waals surface area (Å²) in [4.78, 5) is 36.5. The first-order valence-corrected chi connectivity index (χ1v) is 10.2. The van der Waals surface area contributed by atoms with Crippen molar-refractivity contribution in [1.29, 1.82) is 0 Å². The standard InChI is InChI=1S/C21H30O5/c1-20-7-6-13(24)8-12(20)2-3-14-15-4-5-16(18(26)10-22)21(15,11-23)9-17(25)19(14)20/h11-12,14-17,19,22,25H,2-10H2,1H3/t12-,14-,15-,16+,17-,19+,20-,21+/m0/s1. The predicted molar refractivity (Wildman–Crippen MR) is 94.1 cm³/mol. The maximum absolute atomic E-state index is 12.3. The lowest BCUT2D eigenvalue weighted by atomic mass is 9.44. The number of aldehydes is 1. The Hall–Kier alpha value is -1.07. The molecule has 4 rings (SSSR count). The smallest absolute Gasteiger partial charge is 0.162 e. The summed E-state index contributed by atoms with van der Waals surface area (Å²) < 4.78 is 0. The van der Waals surface area contributed by atoms with E-state index < -0.39 is 24.0 Å². The van der Waals surface area contributed by atoms with Gasteiger partial charge in [-0.1, -0.05) is 6.92 Å². The number of ketones is 2. The molecule has 0 bridgehead atoms. The average Bonchev–Trinajstić information content (AvgIpc) is 3.00. The molecule has 4 fully saturated rings. The molecule has 2 N–H and O–H groups in total. The third-order valence-corrected chi connectivity index (χ3v) is 8.78. The Morgan fingerprint density at radius 2 is 2.04 bits per heavy atom. The van der Waals surface area contributed by atoms with Crippen LogP contribution in [0.1, 0.15) is 58.3 Å². The first kappa shape index (κ1) is 18.3. The number of hydrogen-bond donors (Lipinski definition) is 2. The van der Waals surface area contributed by atoms with E-state index in [1.165, 1.54) is 0 Å². The van der Waals surface area contributed by atoms with Crippen molar-refractivity contribution in [2.45, 2.75) is 64.4 Å². The fraction of sp³-hybridized carbons (Fsp3) is 0.857. The summed E-state index contributed by atoms with van der Waals surface area (Å²) in [5.41, 5.74) is -0.863. The van der Waals surface area contributed by atoms with Crippen LogP contribution >= 0.6 is 0 Å². The minimum Gasteiger partial charge on any atom is -0.393 e. The molecular formula is C21H30O5. The molecule has 0 unspecified atom stereocenters. The summed E-state index contributed by atoms with van der Waals surface area (Å²) in [5.74, 6) is 0.416.